The minimum absolute atomic E-state index is 0.157. The fourth-order valence-electron chi connectivity index (χ4n) is 2.86. The Morgan fingerprint density at radius 1 is 0.967 bits per heavy atom. The lowest BCUT2D eigenvalue weighted by atomic mass is 10.1. The van der Waals surface area contributed by atoms with Gasteiger partial charge in [-0.05, 0) is 48.2 Å². The van der Waals surface area contributed by atoms with Crippen LogP contribution in [0.3, 0.4) is 0 Å². The Morgan fingerprint density at radius 3 is 2.23 bits per heavy atom. The van der Waals surface area contributed by atoms with E-state index in [9.17, 15) is 4.79 Å². The third-order valence-corrected chi connectivity index (χ3v) is 6.43. The molecule has 0 spiro atoms. The first-order valence-corrected chi connectivity index (χ1v) is 11.8. The second-order valence-electron chi connectivity index (χ2n) is 6.56. The summed E-state index contributed by atoms with van der Waals surface area (Å²) < 4.78 is 0.996. The van der Waals surface area contributed by atoms with Crippen LogP contribution in [-0.4, -0.2) is 17.5 Å². The number of amides is 1. The van der Waals surface area contributed by atoms with Gasteiger partial charge in [-0.1, -0.05) is 76.6 Å². The van der Waals surface area contributed by atoms with Crippen molar-refractivity contribution in [2.45, 2.75) is 23.0 Å². The third kappa shape index (κ3) is 6.73. The van der Waals surface area contributed by atoms with E-state index in [-0.39, 0.29) is 5.91 Å². The van der Waals surface area contributed by atoms with E-state index < -0.39 is 5.25 Å². The van der Waals surface area contributed by atoms with E-state index in [1.54, 1.807) is 0 Å². The lowest BCUT2D eigenvalue weighted by Crippen LogP contribution is -2.25. The highest BCUT2D eigenvalue weighted by molar-refractivity contribution is 9.10. The Bertz CT molecular complexity index is 966. The predicted octanol–water partition coefficient (Wildman–Crippen LogP) is 6.82. The molecule has 0 saturated heterocycles. The van der Waals surface area contributed by atoms with Crippen LogP contribution in [0, 0.1) is 0 Å². The quantitative estimate of drug-likeness (QED) is 0.151. The Kier molecular flexibility index (Phi) is 9.00. The summed E-state index contributed by atoms with van der Waals surface area (Å²) in [6.07, 6.45) is 1.47. The van der Waals surface area contributed by atoms with Gasteiger partial charge in [0.05, 0.1) is 5.71 Å². The van der Waals surface area contributed by atoms with E-state index >= 15 is 0 Å². The van der Waals surface area contributed by atoms with Crippen LogP contribution >= 0.6 is 39.3 Å². The van der Waals surface area contributed by atoms with Crippen molar-refractivity contribution in [1.82, 2.24) is 5.43 Å². The fraction of sp³-hybridized carbons (Fsp3) is 0.167. The Morgan fingerprint density at radius 2 is 1.60 bits per heavy atom. The van der Waals surface area contributed by atoms with Crippen LogP contribution in [0.4, 0.5) is 0 Å². The monoisotopic (exact) mass is 500 g/mol. The molecule has 3 nitrogen and oxygen atoms in total. The zero-order chi connectivity index (χ0) is 21.2. The van der Waals surface area contributed by atoms with Crippen molar-refractivity contribution in [3.8, 4) is 0 Å². The van der Waals surface area contributed by atoms with Crippen LogP contribution in [0.15, 0.2) is 99.4 Å². The number of carbonyl (C=O) groups is 1. The van der Waals surface area contributed by atoms with Crippen LogP contribution in [0.25, 0.3) is 0 Å². The van der Waals surface area contributed by atoms with Crippen molar-refractivity contribution in [2.24, 2.45) is 5.10 Å². The number of rotatable bonds is 9. The van der Waals surface area contributed by atoms with Gasteiger partial charge in [0, 0.05) is 15.2 Å². The summed E-state index contributed by atoms with van der Waals surface area (Å²) in [5.41, 5.74) is 5.51. The van der Waals surface area contributed by atoms with E-state index in [4.69, 9.17) is 11.6 Å². The normalized spacial score (nSPS) is 12.4. The van der Waals surface area contributed by atoms with Crippen LogP contribution in [0.5, 0.6) is 0 Å². The van der Waals surface area contributed by atoms with Crippen molar-refractivity contribution < 1.29 is 4.79 Å². The number of benzene rings is 3. The van der Waals surface area contributed by atoms with E-state index in [0.717, 1.165) is 32.6 Å². The van der Waals surface area contributed by atoms with Gasteiger partial charge < -0.3 is 0 Å². The van der Waals surface area contributed by atoms with E-state index in [1.807, 2.05) is 84.9 Å². The second-order valence-corrected chi connectivity index (χ2v) is 9.03. The van der Waals surface area contributed by atoms with Gasteiger partial charge in [-0.15, -0.1) is 23.4 Å². The summed E-state index contributed by atoms with van der Waals surface area (Å²) in [7, 11) is 0. The highest BCUT2D eigenvalue weighted by Gasteiger charge is 2.22. The number of nitrogens with one attached hydrogen (secondary N) is 1. The number of alkyl halides is 1. The number of hydrogen-bond donors (Lipinski definition) is 1. The highest BCUT2D eigenvalue weighted by Crippen LogP contribution is 2.35. The molecule has 1 N–H and O–H groups in total. The molecule has 0 unspecified atom stereocenters. The Labute approximate surface area is 195 Å². The third-order valence-electron chi connectivity index (χ3n) is 4.36. The average Bonchev–Trinajstić information content (AvgIpc) is 2.79. The van der Waals surface area contributed by atoms with Gasteiger partial charge in [0.1, 0.15) is 5.25 Å². The molecule has 0 aliphatic heterocycles. The topological polar surface area (TPSA) is 41.5 Å². The minimum Gasteiger partial charge on any atom is -0.271 e. The van der Waals surface area contributed by atoms with E-state index in [2.05, 4.69) is 26.5 Å². The maximum atomic E-state index is 13.1. The first-order valence-electron chi connectivity index (χ1n) is 9.62. The second kappa shape index (κ2) is 11.9. The molecular weight excluding hydrogens is 480 g/mol. The molecule has 1 atom stereocenters. The number of halogens is 2. The number of thioether (sulfide) groups is 1. The fourth-order valence-corrected chi connectivity index (χ4v) is 4.30. The van der Waals surface area contributed by atoms with Gasteiger partial charge >= 0.3 is 0 Å². The van der Waals surface area contributed by atoms with Crippen molar-refractivity contribution in [1.29, 1.82) is 0 Å². The maximum Gasteiger partial charge on any atom is 0.258 e. The number of hydrazone groups is 1. The Balaban J connectivity index is 1.82. The molecule has 1 amide bonds. The van der Waals surface area contributed by atoms with Crippen molar-refractivity contribution in [3.05, 3.63) is 101 Å². The van der Waals surface area contributed by atoms with Crippen LogP contribution in [0.1, 0.15) is 29.2 Å². The lowest BCUT2D eigenvalue weighted by Gasteiger charge is -2.16. The molecule has 3 aromatic rings. The molecule has 154 valence electrons. The first kappa shape index (κ1) is 22.6. The number of carbonyl (C=O) groups excluding carboxylic acids is 1. The minimum atomic E-state index is -0.406. The molecule has 0 saturated carbocycles. The van der Waals surface area contributed by atoms with E-state index in [0.29, 0.717) is 12.3 Å². The molecule has 0 radical (unpaired) electrons. The van der Waals surface area contributed by atoms with Crippen molar-refractivity contribution >= 4 is 50.9 Å². The molecule has 3 rings (SSSR count). The zero-order valence-electron chi connectivity index (χ0n) is 16.3. The summed E-state index contributed by atoms with van der Waals surface area (Å²) in [5, 5.41) is 4.07. The summed E-state index contributed by atoms with van der Waals surface area (Å²) in [5.74, 6) is 0.385. The Hall–Kier alpha value is -2.08. The van der Waals surface area contributed by atoms with Gasteiger partial charge in [-0.25, -0.2) is 5.43 Å². The van der Waals surface area contributed by atoms with Gasteiger partial charge in [-0.2, -0.15) is 5.10 Å². The summed E-state index contributed by atoms with van der Waals surface area (Å²) in [6.45, 7) is 0. The van der Waals surface area contributed by atoms with Gasteiger partial charge in [0.25, 0.3) is 5.91 Å². The molecule has 6 heteroatoms. The first-order chi connectivity index (χ1) is 14.7. The average molecular weight is 502 g/mol. The maximum absolute atomic E-state index is 13.1. The SMILES string of the molecule is O=C(N/N=C(\CCCCl)c1ccc(Br)cc1)[C@H](Sc1ccccc1)c1ccccc1. The standard InChI is InChI=1S/C24H22BrClN2OS/c25-20-15-13-18(14-16-20)22(12-7-17-26)27-28-24(29)23(19-8-3-1-4-9-19)30-21-10-5-2-6-11-21/h1-6,8-11,13-16,23H,7,12,17H2,(H,28,29)/b27-22+/t23-/m1/s1. The zero-order valence-corrected chi connectivity index (χ0v) is 19.5. The smallest absolute Gasteiger partial charge is 0.258 e. The molecule has 0 bridgehead atoms. The molecule has 0 heterocycles. The molecule has 0 fully saturated rings. The summed E-state index contributed by atoms with van der Waals surface area (Å²) >= 11 is 10.8. The molecule has 0 aliphatic carbocycles. The highest BCUT2D eigenvalue weighted by atomic mass is 79.9. The predicted molar refractivity (Wildman–Crippen MR) is 130 cm³/mol. The molecule has 0 aliphatic rings. The molecule has 0 aromatic heterocycles. The molecule has 3 aromatic carbocycles. The summed E-state index contributed by atoms with van der Waals surface area (Å²) in [4.78, 5) is 14.2. The largest absolute Gasteiger partial charge is 0.271 e. The molecular formula is C24H22BrClN2OS. The van der Waals surface area contributed by atoms with Gasteiger partial charge in [-0.3, -0.25) is 4.79 Å². The number of hydrogen-bond acceptors (Lipinski definition) is 3. The van der Waals surface area contributed by atoms with Gasteiger partial charge in [0.15, 0.2) is 0 Å². The van der Waals surface area contributed by atoms with Crippen molar-refractivity contribution in [2.75, 3.05) is 5.88 Å². The summed E-state index contributed by atoms with van der Waals surface area (Å²) in [6, 6.07) is 27.6. The number of nitrogens with zero attached hydrogens (tertiary/aromatic N) is 1. The van der Waals surface area contributed by atoms with Crippen LogP contribution in [0.2, 0.25) is 0 Å². The van der Waals surface area contributed by atoms with Crippen LogP contribution in [-0.2, 0) is 4.79 Å². The lowest BCUT2D eigenvalue weighted by molar-refractivity contribution is -0.120. The van der Waals surface area contributed by atoms with E-state index in [1.165, 1.54) is 11.8 Å². The van der Waals surface area contributed by atoms with Crippen LogP contribution < -0.4 is 5.43 Å². The van der Waals surface area contributed by atoms with Crippen molar-refractivity contribution in [3.63, 3.8) is 0 Å². The van der Waals surface area contributed by atoms with Gasteiger partial charge in [0.2, 0.25) is 0 Å². The molecule has 30 heavy (non-hydrogen) atoms.